The van der Waals surface area contributed by atoms with Crippen molar-refractivity contribution in [2.75, 3.05) is 6.61 Å². The first-order chi connectivity index (χ1) is 14.9. The predicted octanol–water partition coefficient (Wildman–Crippen LogP) is 4.66. The number of hydrogen-bond acceptors (Lipinski definition) is 6. The van der Waals surface area contributed by atoms with E-state index in [2.05, 4.69) is 24.2 Å². The van der Waals surface area contributed by atoms with Gasteiger partial charge in [0.05, 0.1) is 18.0 Å². The molecule has 6 heteroatoms. The second kappa shape index (κ2) is 8.02. The molecule has 0 radical (unpaired) electrons. The van der Waals surface area contributed by atoms with E-state index in [1.807, 2.05) is 6.07 Å². The van der Waals surface area contributed by atoms with Crippen LogP contribution in [0.1, 0.15) is 83.1 Å². The summed E-state index contributed by atoms with van der Waals surface area (Å²) in [6.07, 6.45) is 10.9. The Morgan fingerprint density at radius 1 is 1.19 bits per heavy atom. The molecule has 4 saturated carbocycles. The molecule has 6 atom stereocenters. The van der Waals surface area contributed by atoms with Crippen molar-refractivity contribution in [1.29, 1.82) is 0 Å². The summed E-state index contributed by atoms with van der Waals surface area (Å²) in [5.74, 6) is 4.11. The summed E-state index contributed by atoms with van der Waals surface area (Å²) < 4.78 is 5.13. The minimum atomic E-state index is -0.0196. The summed E-state index contributed by atoms with van der Waals surface area (Å²) in [5.41, 5.74) is 8.02. The largest absolute Gasteiger partial charge is 0.395 e. The maximum Gasteiger partial charge on any atom is 0.150 e. The smallest absolute Gasteiger partial charge is 0.150 e. The summed E-state index contributed by atoms with van der Waals surface area (Å²) in [4.78, 5) is 18.3. The molecule has 1 heterocycles. The highest BCUT2D eigenvalue weighted by atomic mass is 16.6. The SMILES string of the molecule is CC12CCC3C(CCC4CC(=NOCCc5cc(CN)on5)CCC43C)C1CCC2=O. The van der Waals surface area contributed by atoms with E-state index >= 15 is 0 Å². The van der Waals surface area contributed by atoms with Crippen LogP contribution in [0, 0.1) is 34.5 Å². The van der Waals surface area contributed by atoms with E-state index < -0.39 is 0 Å². The van der Waals surface area contributed by atoms with Gasteiger partial charge >= 0.3 is 0 Å². The average molecular weight is 428 g/mol. The maximum absolute atomic E-state index is 12.6. The van der Waals surface area contributed by atoms with Crippen LogP contribution in [-0.4, -0.2) is 23.3 Å². The fourth-order valence-electron chi connectivity index (χ4n) is 7.77. The minimum Gasteiger partial charge on any atom is -0.395 e. The summed E-state index contributed by atoms with van der Waals surface area (Å²) >= 11 is 0. The lowest BCUT2D eigenvalue weighted by atomic mass is 9.45. The second-order valence-electron chi connectivity index (χ2n) is 11.0. The molecule has 0 saturated heterocycles. The van der Waals surface area contributed by atoms with Crippen molar-refractivity contribution < 1.29 is 14.2 Å². The van der Waals surface area contributed by atoms with E-state index in [1.165, 1.54) is 31.4 Å². The Balaban J connectivity index is 1.19. The van der Waals surface area contributed by atoms with Gasteiger partial charge in [0.2, 0.25) is 0 Å². The number of nitrogens with zero attached hydrogens (tertiary/aromatic N) is 2. The highest BCUT2D eigenvalue weighted by molar-refractivity contribution is 5.87. The zero-order valence-corrected chi connectivity index (χ0v) is 19.1. The summed E-state index contributed by atoms with van der Waals surface area (Å²) in [6.45, 7) is 5.71. The van der Waals surface area contributed by atoms with Gasteiger partial charge in [-0.2, -0.15) is 0 Å². The average Bonchev–Trinajstić information content (AvgIpc) is 3.35. The van der Waals surface area contributed by atoms with E-state index in [0.29, 0.717) is 48.4 Å². The lowest BCUT2D eigenvalue weighted by molar-refractivity contribution is -0.137. The van der Waals surface area contributed by atoms with Crippen LogP contribution in [0.4, 0.5) is 0 Å². The van der Waals surface area contributed by atoms with E-state index in [1.54, 1.807) is 0 Å². The molecular weight excluding hydrogens is 390 g/mol. The standard InChI is InChI=1S/C25H37N3O3/c1-24-10-7-17(27-30-12-9-18-14-19(15-26)31-28-18)13-16(24)3-4-20-21-5-6-23(29)25(21,2)11-8-22(20)24/h14,16,20-22H,3-13,15,26H2,1-2H3. The van der Waals surface area contributed by atoms with Crippen LogP contribution >= 0.6 is 0 Å². The number of nitrogens with two attached hydrogens (primary N) is 1. The van der Waals surface area contributed by atoms with Crippen molar-refractivity contribution in [3.63, 3.8) is 0 Å². The fourth-order valence-corrected chi connectivity index (χ4v) is 7.77. The van der Waals surface area contributed by atoms with E-state index in [0.717, 1.165) is 49.6 Å². The van der Waals surface area contributed by atoms with Gasteiger partial charge in [0.1, 0.15) is 12.4 Å². The van der Waals surface area contributed by atoms with Gasteiger partial charge in [-0.15, -0.1) is 0 Å². The summed E-state index contributed by atoms with van der Waals surface area (Å²) in [6, 6.07) is 1.88. The van der Waals surface area contributed by atoms with Gasteiger partial charge in [0, 0.05) is 24.3 Å². The van der Waals surface area contributed by atoms with Gasteiger partial charge in [-0.3, -0.25) is 4.79 Å². The molecule has 2 N–H and O–H groups in total. The number of carbonyl (C=O) groups is 1. The van der Waals surface area contributed by atoms with E-state index in [9.17, 15) is 4.79 Å². The monoisotopic (exact) mass is 427 g/mol. The second-order valence-corrected chi connectivity index (χ2v) is 11.0. The number of carbonyl (C=O) groups excluding carboxylic acids is 1. The molecule has 1 aromatic rings. The molecule has 170 valence electrons. The third kappa shape index (κ3) is 3.55. The third-order valence-electron chi connectivity index (χ3n) is 9.66. The van der Waals surface area contributed by atoms with Gasteiger partial charge in [0.25, 0.3) is 0 Å². The lowest BCUT2D eigenvalue weighted by Crippen LogP contribution is -2.53. The number of aromatic nitrogens is 1. The molecule has 0 aromatic carbocycles. The van der Waals surface area contributed by atoms with Crippen LogP contribution in [0.2, 0.25) is 0 Å². The van der Waals surface area contributed by atoms with Gasteiger partial charge < -0.3 is 15.1 Å². The number of hydrogen-bond donors (Lipinski definition) is 1. The molecule has 0 amide bonds. The lowest BCUT2D eigenvalue weighted by Gasteiger charge is -2.59. The van der Waals surface area contributed by atoms with Crippen LogP contribution < -0.4 is 5.73 Å². The van der Waals surface area contributed by atoms with Crippen LogP contribution in [0.15, 0.2) is 15.7 Å². The number of ketones is 1. The first-order valence-electron chi connectivity index (χ1n) is 12.3. The first kappa shape index (κ1) is 21.2. The van der Waals surface area contributed by atoms with Crippen LogP contribution in [0.5, 0.6) is 0 Å². The predicted molar refractivity (Wildman–Crippen MR) is 118 cm³/mol. The molecule has 5 rings (SSSR count). The first-order valence-corrected chi connectivity index (χ1v) is 12.3. The zero-order valence-electron chi connectivity index (χ0n) is 19.1. The Morgan fingerprint density at radius 2 is 2.06 bits per heavy atom. The third-order valence-corrected chi connectivity index (χ3v) is 9.66. The molecule has 0 aliphatic heterocycles. The molecule has 6 unspecified atom stereocenters. The Kier molecular flexibility index (Phi) is 5.48. The molecule has 4 fully saturated rings. The maximum atomic E-state index is 12.6. The van der Waals surface area contributed by atoms with Crippen molar-refractivity contribution in [2.24, 2.45) is 45.4 Å². The number of oxime groups is 1. The summed E-state index contributed by atoms with van der Waals surface area (Å²) in [5, 5.41) is 8.52. The molecule has 4 aliphatic rings. The van der Waals surface area contributed by atoms with Gasteiger partial charge in [-0.1, -0.05) is 24.2 Å². The Labute approximate surface area is 185 Å². The molecule has 1 aromatic heterocycles. The number of rotatable bonds is 5. The van der Waals surface area contributed by atoms with E-state index in [4.69, 9.17) is 15.1 Å². The molecule has 4 aliphatic carbocycles. The topological polar surface area (TPSA) is 90.7 Å². The normalized spacial score (nSPS) is 41.0. The van der Waals surface area contributed by atoms with Crippen molar-refractivity contribution >= 4 is 11.5 Å². The van der Waals surface area contributed by atoms with Gasteiger partial charge in [0.15, 0.2) is 5.76 Å². The van der Waals surface area contributed by atoms with Gasteiger partial charge in [-0.05, 0) is 80.5 Å². The van der Waals surface area contributed by atoms with Gasteiger partial charge in [-0.25, -0.2) is 0 Å². The minimum absolute atomic E-state index is 0.0196. The highest BCUT2D eigenvalue weighted by Gasteiger charge is 2.60. The quantitative estimate of drug-likeness (QED) is 0.545. The highest BCUT2D eigenvalue weighted by Crippen LogP contribution is 2.65. The molecule has 0 bridgehead atoms. The van der Waals surface area contributed by atoms with Crippen LogP contribution in [0.25, 0.3) is 0 Å². The Morgan fingerprint density at radius 3 is 2.87 bits per heavy atom. The molecule has 31 heavy (non-hydrogen) atoms. The van der Waals surface area contributed by atoms with Crippen molar-refractivity contribution in [3.8, 4) is 0 Å². The zero-order chi connectivity index (χ0) is 21.6. The molecule has 6 nitrogen and oxygen atoms in total. The Hall–Kier alpha value is -1.69. The van der Waals surface area contributed by atoms with Crippen LogP contribution in [0.3, 0.4) is 0 Å². The van der Waals surface area contributed by atoms with Crippen molar-refractivity contribution in [2.45, 2.75) is 84.6 Å². The van der Waals surface area contributed by atoms with Crippen molar-refractivity contribution in [1.82, 2.24) is 5.16 Å². The number of fused-ring (bicyclic) bond motifs is 5. The van der Waals surface area contributed by atoms with Crippen LogP contribution in [-0.2, 0) is 22.6 Å². The Bertz CT molecular complexity index is 864. The molecular formula is C25H37N3O3. The fraction of sp³-hybridized carbons (Fsp3) is 0.800. The number of Topliss-reactive ketones (excluding diaryl/α,β-unsaturated/α-hetero) is 1. The van der Waals surface area contributed by atoms with Crippen molar-refractivity contribution in [3.05, 3.63) is 17.5 Å². The molecule has 0 spiro atoms. The van der Waals surface area contributed by atoms with E-state index in [-0.39, 0.29) is 5.41 Å². The summed E-state index contributed by atoms with van der Waals surface area (Å²) in [7, 11) is 0.